The van der Waals surface area contributed by atoms with E-state index in [1.54, 1.807) is 0 Å². The van der Waals surface area contributed by atoms with Crippen LogP contribution in [0.15, 0.2) is 49.6 Å². The largest absolute Gasteiger partial charge is 0.449 e. The first-order valence-electron chi connectivity index (χ1n) is 7.67. The van der Waals surface area contributed by atoms with E-state index in [-0.39, 0.29) is 51.1 Å². The topological polar surface area (TPSA) is 108 Å². The normalized spacial score (nSPS) is 11.5. The fraction of sp³-hybridized carbons (Fsp3) is 0.167. The van der Waals surface area contributed by atoms with Gasteiger partial charge in [0, 0.05) is 20.8 Å². The molecule has 0 aromatic carbocycles. The molecule has 8 heteroatoms. The van der Waals surface area contributed by atoms with Crippen molar-refractivity contribution >= 4 is 41.0 Å². The Morgan fingerprint density at radius 2 is 0.885 bits per heavy atom. The molecule has 0 fully saturated rings. The smallest absolute Gasteiger partial charge is 0.271 e. The van der Waals surface area contributed by atoms with Crippen LogP contribution in [0.1, 0.15) is 52.4 Å². The second kappa shape index (κ2) is 6.42. The van der Waals surface area contributed by atoms with Crippen molar-refractivity contribution in [1.82, 2.24) is 0 Å². The third-order valence-electron chi connectivity index (χ3n) is 3.75. The Morgan fingerprint density at radius 1 is 0.615 bits per heavy atom. The summed E-state index contributed by atoms with van der Waals surface area (Å²) >= 11 is 0. The molecule has 3 heterocycles. The molecule has 0 spiro atoms. The zero-order valence-electron chi connectivity index (χ0n) is 14.3. The molecule has 134 valence electrons. The van der Waals surface area contributed by atoms with Crippen molar-refractivity contribution in [2.24, 2.45) is 0 Å². The predicted molar refractivity (Wildman–Crippen MR) is 92.6 cm³/mol. The minimum atomic E-state index is -3.79. The molecule has 3 aromatic heterocycles. The summed E-state index contributed by atoms with van der Waals surface area (Å²) in [5.41, 5.74) is -0.134. The summed E-state index contributed by atoms with van der Waals surface area (Å²) < 4.78 is 30.3. The fourth-order valence-electron chi connectivity index (χ4n) is 2.38. The Bertz CT molecular complexity index is 929. The SMILES string of the molecule is CC(=O)c1ccc(P(=O)(c2ccc(C(C)=O)o2)c2ccc(C(C)=O)o2)o1. The Balaban J connectivity index is 2.22. The van der Waals surface area contributed by atoms with Crippen LogP contribution in [0, 0.1) is 0 Å². The third kappa shape index (κ3) is 2.91. The van der Waals surface area contributed by atoms with Crippen LogP contribution in [0.5, 0.6) is 0 Å². The van der Waals surface area contributed by atoms with E-state index in [9.17, 15) is 18.9 Å². The lowest BCUT2D eigenvalue weighted by Crippen LogP contribution is -2.22. The van der Waals surface area contributed by atoms with Gasteiger partial charge in [-0.15, -0.1) is 0 Å². The molecule has 0 atom stereocenters. The van der Waals surface area contributed by atoms with Crippen LogP contribution in [0.3, 0.4) is 0 Å². The first kappa shape index (κ1) is 17.9. The van der Waals surface area contributed by atoms with E-state index in [0.29, 0.717) is 0 Å². The maximum Gasteiger partial charge on any atom is 0.271 e. The Kier molecular flexibility index (Phi) is 4.42. The second-order valence-corrected chi connectivity index (χ2v) is 8.23. The van der Waals surface area contributed by atoms with Crippen molar-refractivity contribution in [2.75, 3.05) is 0 Å². The van der Waals surface area contributed by atoms with Crippen molar-refractivity contribution in [2.45, 2.75) is 20.8 Å². The summed E-state index contributed by atoms with van der Waals surface area (Å²) in [6, 6.07) is 8.37. The molecule has 0 amide bonds. The van der Waals surface area contributed by atoms with Crippen LogP contribution in [0.25, 0.3) is 0 Å². The van der Waals surface area contributed by atoms with Crippen LogP contribution in [0.4, 0.5) is 0 Å². The van der Waals surface area contributed by atoms with Gasteiger partial charge in [0.2, 0.25) is 0 Å². The van der Waals surface area contributed by atoms with Crippen molar-refractivity contribution in [3.63, 3.8) is 0 Å². The van der Waals surface area contributed by atoms with Gasteiger partial charge >= 0.3 is 0 Å². The van der Waals surface area contributed by atoms with Gasteiger partial charge in [0.05, 0.1) is 0 Å². The molecule has 3 aromatic rings. The molecule has 26 heavy (non-hydrogen) atoms. The average Bonchev–Trinajstić information content (AvgIpc) is 3.33. The van der Waals surface area contributed by atoms with E-state index >= 15 is 0 Å². The van der Waals surface area contributed by atoms with Crippen LogP contribution >= 0.6 is 7.14 Å². The van der Waals surface area contributed by atoms with E-state index < -0.39 is 7.14 Å². The van der Waals surface area contributed by atoms with Gasteiger partial charge < -0.3 is 13.3 Å². The predicted octanol–water partition coefficient (Wildman–Crippen LogP) is 2.71. The highest BCUT2D eigenvalue weighted by molar-refractivity contribution is 7.84. The highest BCUT2D eigenvalue weighted by atomic mass is 31.2. The molecular weight excluding hydrogens is 359 g/mol. The van der Waals surface area contributed by atoms with Crippen molar-refractivity contribution in [1.29, 1.82) is 0 Å². The van der Waals surface area contributed by atoms with Gasteiger partial charge in [-0.2, -0.15) is 0 Å². The van der Waals surface area contributed by atoms with Gasteiger partial charge in [0.25, 0.3) is 7.14 Å². The van der Waals surface area contributed by atoms with E-state index in [1.807, 2.05) is 0 Å². The van der Waals surface area contributed by atoms with Gasteiger partial charge in [-0.1, -0.05) is 0 Å². The quantitative estimate of drug-likeness (QED) is 0.482. The molecule has 0 aliphatic heterocycles. The molecule has 0 N–H and O–H groups in total. The maximum absolute atomic E-state index is 13.9. The van der Waals surface area contributed by atoms with Crippen LogP contribution < -0.4 is 16.5 Å². The number of carbonyl (C=O) groups excluding carboxylic acids is 3. The number of ketones is 3. The number of rotatable bonds is 6. The van der Waals surface area contributed by atoms with Crippen LogP contribution in [-0.4, -0.2) is 17.3 Å². The van der Waals surface area contributed by atoms with Gasteiger partial charge in [0.1, 0.15) is 0 Å². The van der Waals surface area contributed by atoms with Crippen molar-refractivity contribution in [3.05, 3.63) is 53.7 Å². The fourth-order valence-corrected chi connectivity index (χ4v) is 4.57. The minimum absolute atomic E-state index is 0.0249. The van der Waals surface area contributed by atoms with E-state index in [0.717, 1.165) is 0 Å². The summed E-state index contributed by atoms with van der Waals surface area (Å²) in [7, 11) is -3.79. The van der Waals surface area contributed by atoms with Gasteiger partial charge in [-0.05, 0) is 36.4 Å². The Morgan fingerprint density at radius 3 is 1.08 bits per heavy atom. The van der Waals surface area contributed by atoms with Gasteiger partial charge in [0.15, 0.2) is 51.1 Å². The van der Waals surface area contributed by atoms with Gasteiger partial charge in [-0.25, -0.2) is 0 Å². The monoisotopic (exact) mass is 374 g/mol. The lowest BCUT2D eigenvalue weighted by atomic mass is 10.3. The Hall–Kier alpha value is -2.92. The number of furan rings is 3. The maximum atomic E-state index is 13.9. The van der Waals surface area contributed by atoms with Gasteiger partial charge in [-0.3, -0.25) is 18.9 Å². The highest BCUT2D eigenvalue weighted by Crippen LogP contribution is 2.44. The number of carbonyl (C=O) groups is 3. The summed E-state index contributed by atoms with van der Waals surface area (Å²) in [6.45, 7) is 3.94. The molecule has 3 rings (SSSR count). The molecule has 0 unspecified atom stereocenters. The summed E-state index contributed by atoms with van der Waals surface area (Å²) in [6.07, 6.45) is 0. The van der Waals surface area contributed by atoms with Crippen LogP contribution in [0.2, 0.25) is 0 Å². The summed E-state index contributed by atoms with van der Waals surface area (Å²) in [5.74, 6) is -0.938. The minimum Gasteiger partial charge on any atom is -0.449 e. The lowest BCUT2D eigenvalue weighted by Gasteiger charge is -2.10. The lowest BCUT2D eigenvalue weighted by molar-refractivity contribution is 0.0981. The highest BCUT2D eigenvalue weighted by Gasteiger charge is 2.40. The third-order valence-corrected chi connectivity index (χ3v) is 6.33. The van der Waals surface area contributed by atoms with Crippen molar-refractivity contribution < 1.29 is 32.2 Å². The number of Topliss-reactive ketones (excluding diaryl/α,β-unsaturated/α-hetero) is 3. The Labute approximate surface area is 148 Å². The molecule has 0 bridgehead atoms. The first-order valence-corrected chi connectivity index (χ1v) is 9.38. The molecular formula is C18H15O7P. The summed E-state index contributed by atoms with van der Waals surface area (Å²) in [5, 5.41) is 0. The number of hydrogen-bond acceptors (Lipinski definition) is 7. The summed E-state index contributed by atoms with van der Waals surface area (Å²) in [4.78, 5) is 34.6. The zero-order chi connectivity index (χ0) is 19.1. The molecule has 7 nitrogen and oxygen atoms in total. The molecule has 0 saturated carbocycles. The first-order chi connectivity index (χ1) is 12.2. The zero-order valence-corrected chi connectivity index (χ0v) is 15.2. The average molecular weight is 374 g/mol. The number of hydrogen-bond donors (Lipinski definition) is 0. The second-order valence-electron chi connectivity index (χ2n) is 5.69. The molecule has 0 radical (unpaired) electrons. The molecule has 0 aliphatic rings. The van der Waals surface area contributed by atoms with Crippen LogP contribution in [-0.2, 0) is 4.57 Å². The molecule has 0 saturated heterocycles. The standard InChI is InChI=1S/C18H15O7P/c1-10(19)13-4-7-16(23-13)26(22,17-8-5-14(24-17)11(2)20)18-9-6-15(25-18)12(3)21/h4-9H,1-3H3. The van der Waals surface area contributed by atoms with E-state index in [1.165, 1.54) is 57.2 Å². The molecule has 0 aliphatic carbocycles. The van der Waals surface area contributed by atoms with Crippen molar-refractivity contribution in [3.8, 4) is 0 Å². The van der Waals surface area contributed by atoms with E-state index in [4.69, 9.17) is 13.3 Å². The van der Waals surface area contributed by atoms with E-state index in [2.05, 4.69) is 0 Å².